The van der Waals surface area contributed by atoms with E-state index in [-0.39, 0.29) is 28.9 Å². The highest BCUT2D eigenvalue weighted by atomic mass is 35.5. The number of unbranched alkanes of at least 4 members (excludes halogenated alkanes) is 11. The van der Waals surface area contributed by atoms with E-state index in [0.29, 0.717) is 30.0 Å². The molecule has 1 unspecified atom stereocenters. The summed E-state index contributed by atoms with van der Waals surface area (Å²) in [5, 5.41) is -0.118. The number of carbonyl (C=O) groups is 1. The lowest BCUT2D eigenvalue weighted by molar-refractivity contribution is -0.137. The van der Waals surface area contributed by atoms with E-state index < -0.39 is 23.6 Å². The summed E-state index contributed by atoms with van der Waals surface area (Å²) in [5.41, 5.74) is 0.337. The molecule has 0 spiro atoms. The maximum absolute atomic E-state index is 14.3. The topological polar surface area (TPSA) is 62.2 Å². The average Bonchev–Trinajstić information content (AvgIpc) is 3.40. The Morgan fingerprint density at radius 2 is 1.62 bits per heavy atom. The maximum Gasteiger partial charge on any atom is 0.416 e. The van der Waals surface area contributed by atoms with E-state index >= 15 is 0 Å². The van der Waals surface area contributed by atoms with Gasteiger partial charge in [-0.15, -0.1) is 0 Å². The third-order valence-corrected chi connectivity index (χ3v) is 8.52. The molecule has 1 amide bonds. The number of nitrogens with zero attached hydrogens (tertiary/aromatic N) is 5. The number of hydrogen-bond donors (Lipinski definition) is 0. The van der Waals surface area contributed by atoms with Crippen molar-refractivity contribution < 1.29 is 22.4 Å². The highest BCUT2D eigenvalue weighted by molar-refractivity contribution is 6.31. The Kier molecular flexibility index (Phi) is 12.6. The fraction of sp³-hybridized carbons (Fsp3) is 0.529. The molecule has 0 aliphatic carbocycles. The van der Waals surface area contributed by atoms with Crippen LogP contribution in [0.15, 0.2) is 42.9 Å². The number of benzene rings is 1. The highest BCUT2D eigenvalue weighted by Gasteiger charge is 2.41. The van der Waals surface area contributed by atoms with Gasteiger partial charge in [-0.25, -0.2) is 19.3 Å². The molecule has 0 bridgehead atoms. The van der Waals surface area contributed by atoms with Gasteiger partial charge in [-0.3, -0.25) is 9.69 Å². The van der Waals surface area contributed by atoms with E-state index in [0.717, 1.165) is 31.4 Å². The van der Waals surface area contributed by atoms with E-state index in [4.69, 9.17) is 11.6 Å². The molecule has 1 atom stereocenters. The smallest absolute Gasteiger partial charge is 0.311 e. The molecule has 2 aromatic heterocycles. The summed E-state index contributed by atoms with van der Waals surface area (Å²) in [6.45, 7) is 4.05. The molecule has 4 rings (SSSR count). The molecule has 6 nitrogen and oxygen atoms in total. The largest absolute Gasteiger partial charge is 0.416 e. The first-order valence-corrected chi connectivity index (χ1v) is 16.4. The minimum absolute atomic E-state index is 0.0272. The van der Waals surface area contributed by atoms with Crippen LogP contribution < -0.4 is 9.80 Å². The summed E-state index contributed by atoms with van der Waals surface area (Å²) in [7, 11) is 0. The third-order valence-electron chi connectivity index (χ3n) is 8.23. The number of amides is 1. The zero-order chi connectivity index (χ0) is 32.4. The van der Waals surface area contributed by atoms with Gasteiger partial charge in [0.05, 0.1) is 10.6 Å². The van der Waals surface area contributed by atoms with Gasteiger partial charge in [0.25, 0.3) is 5.91 Å². The summed E-state index contributed by atoms with van der Waals surface area (Å²) < 4.78 is 55.4. The molecule has 1 aliphatic heterocycles. The van der Waals surface area contributed by atoms with Gasteiger partial charge in [0.15, 0.2) is 0 Å². The molecule has 1 aromatic carbocycles. The van der Waals surface area contributed by atoms with Crippen molar-refractivity contribution in [1.82, 2.24) is 15.0 Å². The van der Waals surface area contributed by atoms with Crippen LogP contribution >= 0.6 is 11.6 Å². The van der Waals surface area contributed by atoms with Gasteiger partial charge >= 0.3 is 6.18 Å². The second-order valence-corrected chi connectivity index (χ2v) is 12.2. The van der Waals surface area contributed by atoms with Crippen molar-refractivity contribution in [2.75, 3.05) is 16.3 Å². The molecule has 0 saturated carbocycles. The van der Waals surface area contributed by atoms with E-state index in [2.05, 4.69) is 21.9 Å². The van der Waals surface area contributed by atoms with Crippen molar-refractivity contribution in [3.8, 4) is 0 Å². The van der Waals surface area contributed by atoms with Gasteiger partial charge < -0.3 is 4.90 Å². The summed E-state index contributed by atoms with van der Waals surface area (Å²) in [6, 6.07) is 5.09. The van der Waals surface area contributed by atoms with Crippen molar-refractivity contribution in [1.29, 1.82) is 0 Å². The number of aromatic nitrogens is 3. The van der Waals surface area contributed by atoms with Crippen LogP contribution in [0.4, 0.5) is 34.9 Å². The van der Waals surface area contributed by atoms with Gasteiger partial charge in [0, 0.05) is 36.1 Å². The number of anilines is 3. The van der Waals surface area contributed by atoms with Gasteiger partial charge in [0.1, 0.15) is 29.8 Å². The number of alkyl halides is 3. The first-order chi connectivity index (χ1) is 21.6. The highest BCUT2D eigenvalue weighted by Crippen LogP contribution is 2.39. The number of halogens is 5. The van der Waals surface area contributed by atoms with E-state index in [1.54, 1.807) is 11.1 Å². The lowest BCUT2D eigenvalue weighted by Crippen LogP contribution is -2.47. The number of rotatable bonds is 16. The second-order valence-electron chi connectivity index (χ2n) is 11.8. The molecule has 11 heteroatoms. The fourth-order valence-electron chi connectivity index (χ4n) is 5.87. The Labute approximate surface area is 268 Å². The first-order valence-electron chi connectivity index (χ1n) is 16.0. The average molecular weight is 648 g/mol. The molecule has 3 aromatic rings. The summed E-state index contributed by atoms with van der Waals surface area (Å²) >= 11 is 6.12. The van der Waals surface area contributed by atoms with Crippen molar-refractivity contribution in [3.63, 3.8) is 0 Å². The fourth-order valence-corrected chi connectivity index (χ4v) is 6.05. The predicted molar refractivity (Wildman–Crippen MR) is 170 cm³/mol. The first kappa shape index (κ1) is 34.6. The number of hydrogen-bond acceptors (Lipinski definition) is 5. The zero-order valence-electron chi connectivity index (χ0n) is 26.1. The molecule has 0 N–H and O–H groups in total. The number of fused-ring (bicyclic) bond motifs is 1. The van der Waals surface area contributed by atoms with Crippen LogP contribution in [0.2, 0.25) is 5.02 Å². The van der Waals surface area contributed by atoms with Crippen LogP contribution in [0, 0.1) is 12.7 Å². The van der Waals surface area contributed by atoms with Crippen molar-refractivity contribution in [3.05, 3.63) is 70.5 Å². The van der Waals surface area contributed by atoms with E-state index in [1.165, 1.54) is 87.7 Å². The number of carbonyl (C=O) groups excluding carboxylic acids is 1. The minimum atomic E-state index is -4.60. The minimum Gasteiger partial charge on any atom is -0.311 e. The monoisotopic (exact) mass is 647 g/mol. The second kappa shape index (κ2) is 16.3. The van der Waals surface area contributed by atoms with E-state index in [9.17, 15) is 22.4 Å². The normalized spacial score (nSPS) is 14.6. The molecule has 0 saturated heterocycles. The molecule has 3 heterocycles. The van der Waals surface area contributed by atoms with Gasteiger partial charge in [-0.1, -0.05) is 89.2 Å². The third kappa shape index (κ3) is 9.37. The van der Waals surface area contributed by atoms with Crippen LogP contribution in [-0.4, -0.2) is 33.4 Å². The van der Waals surface area contributed by atoms with Gasteiger partial charge in [0.2, 0.25) is 0 Å². The quantitative estimate of drug-likeness (QED) is 0.114. The Balaban J connectivity index is 1.49. The lowest BCUT2D eigenvalue weighted by Gasteiger charge is -2.31. The van der Waals surface area contributed by atoms with Crippen LogP contribution in [-0.2, 0) is 17.4 Å². The molecular formula is C34H42ClF4N5O. The zero-order valence-corrected chi connectivity index (χ0v) is 26.8. The van der Waals surface area contributed by atoms with Crippen LogP contribution in [0.25, 0.3) is 0 Å². The van der Waals surface area contributed by atoms with Gasteiger partial charge in [-0.2, -0.15) is 13.2 Å². The standard InChI is InChI=1S/C34H42ClF4N5O/c1-3-4-5-6-7-8-9-10-11-12-13-14-17-43(27-15-16-29(36)28(35)21-27)33(45)30-19-25-22-40-23-41-32(25)44(30)31-20-26(34(37,38)39)18-24(2)42-31/h15-16,18,20-23,30H,3-14,17,19H2,1-2H3. The van der Waals surface area contributed by atoms with Gasteiger partial charge in [-0.05, 0) is 43.7 Å². The van der Waals surface area contributed by atoms with Crippen LogP contribution in [0.5, 0.6) is 0 Å². The van der Waals surface area contributed by atoms with E-state index in [1.807, 2.05) is 0 Å². The SMILES string of the molecule is CCCCCCCCCCCCCCN(C(=O)C1Cc2cncnc2N1c1cc(C(F)(F)F)cc(C)n1)c1ccc(F)c(Cl)c1. The van der Waals surface area contributed by atoms with Crippen molar-refractivity contribution in [2.24, 2.45) is 0 Å². The lowest BCUT2D eigenvalue weighted by atomic mass is 10.0. The predicted octanol–water partition coefficient (Wildman–Crippen LogP) is 9.79. The van der Waals surface area contributed by atoms with Crippen molar-refractivity contribution in [2.45, 2.75) is 110 Å². The Bertz CT molecular complexity index is 1420. The maximum atomic E-state index is 14.3. The molecular weight excluding hydrogens is 606 g/mol. The Morgan fingerprint density at radius 1 is 0.978 bits per heavy atom. The van der Waals surface area contributed by atoms with Crippen molar-refractivity contribution >= 4 is 34.8 Å². The van der Waals surface area contributed by atoms with Crippen LogP contribution in [0.1, 0.15) is 101 Å². The molecule has 244 valence electrons. The molecule has 0 radical (unpaired) electrons. The Morgan fingerprint density at radius 3 is 2.24 bits per heavy atom. The Hall–Kier alpha value is -3.27. The molecule has 1 aliphatic rings. The number of pyridine rings is 1. The summed E-state index contributed by atoms with van der Waals surface area (Å²) in [6.07, 6.45) is 12.4. The van der Waals surface area contributed by atoms with Crippen LogP contribution in [0.3, 0.4) is 0 Å². The molecule has 45 heavy (non-hydrogen) atoms. The number of aryl methyl sites for hydroxylation is 1. The molecule has 0 fully saturated rings. The summed E-state index contributed by atoms with van der Waals surface area (Å²) in [5.74, 6) is -0.666. The summed E-state index contributed by atoms with van der Waals surface area (Å²) in [4.78, 5) is 30.1.